The van der Waals surface area contributed by atoms with Gasteiger partial charge in [-0.2, -0.15) is 5.10 Å². The number of aromatic amines is 1. The first kappa shape index (κ1) is 16.0. The van der Waals surface area contributed by atoms with Gasteiger partial charge in [-0.05, 0) is 25.2 Å². The van der Waals surface area contributed by atoms with Gasteiger partial charge in [-0.15, -0.1) is 0 Å². The van der Waals surface area contributed by atoms with Crippen LogP contribution in [0.2, 0.25) is 0 Å². The maximum atomic E-state index is 14.4. The van der Waals surface area contributed by atoms with E-state index in [1.54, 1.807) is 17.3 Å². The molecule has 3 aliphatic rings. The lowest BCUT2D eigenvalue weighted by Gasteiger charge is -2.43. The molecule has 132 valence electrons. The number of nitrogens with one attached hydrogen (secondary N) is 1. The number of carbonyl (C=O) groups is 1. The molecule has 4 rings (SSSR count). The molecule has 0 aromatic carbocycles. The third-order valence-corrected chi connectivity index (χ3v) is 5.84. The Bertz CT molecular complexity index is 602. The van der Waals surface area contributed by atoms with Crippen molar-refractivity contribution in [2.75, 3.05) is 26.2 Å². The molecule has 3 heterocycles. The number of alkyl halides is 2. The summed E-state index contributed by atoms with van der Waals surface area (Å²) in [5.74, 6) is -2.29. The van der Waals surface area contributed by atoms with Crippen LogP contribution in [-0.2, 0) is 11.3 Å². The van der Waals surface area contributed by atoms with Gasteiger partial charge in [-0.3, -0.25) is 14.8 Å². The maximum absolute atomic E-state index is 14.4. The van der Waals surface area contributed by atoms with Crippen molar-refractivity contribution in [3.63, 3.8) is 0 Å². The van der Waals surface area contributed by atoms with E-state index >= 15 is 0 Å². The molecule has 1 spiro atoms. The minimum atomic E-state index is -2.82. The molecule has 1 saturated carbocycles. The van der Waals surface area contributed by atoms with E-state index in [0.29, 0.717) is 32.0 Å². The standard InChI is InChI=1S/C17H24F2N4O/c18-17(19)10-16(11-22(12-17)8-14-6-20-21-7-14)4-5-23(15(16)24)9-13-2-1-3-13/h6-7,13H,1-5,8-12H2,(H,20,21). The van der Waals surface area contributed by atoms with Crippen molar-refractivity contribution in [2.24, 2.45) is 11.3 Å². The van der Waals surface area contributed by atoms with Crippen LogP contribution in [-0.4, -0.2) is 58.0 Å². The summed E-state index contributed by atoms with van der Waals surface area (Å²) in [6, 6.07) is 0. The van der Waals surface area contributed by atoms with Crippen LogP contribution in [0.15, 0.2) is 12.4 Å². The first-order chi connectivity index (χ1) is 11.5. The first-order valence-electron chi connectivity index (χ1n) is 8.83. The Balaban J connectivity index is 1.49. The Kier molecular flexibility index (Phi) is 3.86. The summed E-state index contributed by atoms with van der Waals surface area (Å²) in [5, 5.41) is 6.59. The molecule has 24 heavy (non-hydrogen) atoms. The summed E-state index contributed by atoms with van der Waals surface area (Å²) in [7, 11) is 0. The normalized spacial score (nSPS) is 30.9. The zero-order valence-corrected chi connectivity index (χ0v) is 13.8. The van der Waals surface area contributed by atoms with Gasteiger partial charge in [0.1, 0.15) is 0 Å². The van der Waals surface area contributed by atoms with Gasteiger partial charge >= 0.3 is 0 Å². The van der Waals surface area contributed by atoms with Gasteiger partial charge in [0, 0.05) is 44.4 Å². The van der Waals surface area contributed by atoms with Crippen molar-refractivity contribution in [1.82, 2.24) is 20.0 Å². The predicted octanol–water partition coefficient (Wildman–Crippen LogP) is 2.27. The molecule has 1 atom stereocenters. The lowest BCUT2D eigenvalue weighted by atomic mass is 9.76. The number of aromatic nitrogens is 2. The van der Waals surface area contributed by atoms with Crippen molar-refractivity contribution in [1.29, 1.82) is 0 Å². The summed E-state index contributed by atoms with van der Waals surface area (Å²) >= 11 is 0. The van der Waals surface area contributed by atoms with Crippen LogP contribution in [0.4, 0.5) is 8.78 Å². The highest BCUT2D eigenvalue weighted by molar-refractivity contribution is 5.85. The average Bonchev–Trinajstić information content (AvgIpc) is 3.04. The van der Waals surface area contributed by atoms with Gasteiger partial charge in [0.05, 0.1) is 18.2 Å². The lowest BCUT2D eigenvalue weighted by Crippen LogP contribution is -2.55. The number of likely N-dealkylation sites (tertiary alicyclic amines) is 2. The molecule has 1 unspecified atom stereocenters. The second-order valence-corrected chi connectivity index (χ2v) is 7.86. The second-order valence-electron chi connectivity index (χ2n) is 7.86. The van der Waals surface area contributed by atoms with E-state index in [9.17, 15) is 13.6 Å². The number of piperidine rings is 1. The highest BCUT2D eigenvalue weighted by Gasteiger charge is 2.56. The molecular formula is C17H24F2N4O. The topological polar surface area (TPSA) is 52.2 Å². The summed E-state index contributed by atoms with van der Waals surface area (Å²) < 4.78 is 28.8. The van der Waals surface area contributed by atoms with Crippen LogP contribution in [0.25, 0.3) is 0 Å². The van der Waals surface area contributed by atoms with E-state index in [0.717, 1.165) is 12.1 Å². The van der Waals surface area contributed by atoms with Crippen molar-refractivity contribution < 1.29 is 13.6 Å². The molecule has 3 fully saturated rings. The number of carbonyl (C=O) groups excluding carboxylic acids is 1. The Hall–Kier alpha value is -1.50. The van der Waals surface area contributed by atoms with Gasteiger partial charge in [0.2, 0.25) is 5.91 Å². The third kappa shape index (κ3) is 2.94. The Morgan fingerprint density at radius 2 is 2.17 bits per heavy atom. The SMILES string of the molecule is O=C1N(CC2CCC2)CCC12CN(Cc1cn[nH]c1)CC(F)(F)C2. The van der Waals surface area contributed by atoms with Gasteiger partial charge < -0.3 is 4.90 Å². The van der Waals surface area contributed by atoms with Crippen LogP contribution in [0.3, 0.4) is 0 Å². The number of amides is 1. The van der Waals surface area contributed by atoms with Crippen molar-refractivity contribution in [3.8, 4) is 0 Å². The Labute approximate surface area is 140 Å². The second kappa shape index (κ2) is 5.79. The summed E-state index contributed by atoms with van der Waals surface area (Å²) in [4.78, 5) is 16.5. The van der Waals surface area contributed by atoms with Gasteiger partial charge in [0.15, 0.2) is 0 Å². The maximum Gasteiger partial charge on any atom is 0.261 e. The van der Waals surface area contributed by atoms with Crippen LogP contribution >= 0.6 is 0 Å². The van der Waals surface area contributed by atoms with E-state index in [-0.39, 0.29) is 18.9 Å². The molecule has 7 heteroatoms. The zero-order valence-electron chi connectivity index (χ0n) is 13.8. The first-order valence-corrected chi connectivity index (χ1v) is 8.83. The van der Waals surface area contributed by atoms with Crippen molar-refractivity contribution in [3.05, 3.63) is 18.0 Å². The molecule has 2 aliphatic heterocycles. The fourth-order valence-corrected chi connectivity index (χ4v) is 4.52. The number of hydrogen-bond donors (Lipinski definition) is 1. The van der Waals surface area contributed by atoms with E-state index in [4.69, 9.17) is 0 Å². The quantitative estimate of drug-likeness (QED) is 0.916. The van der Waals surface area contributed by atoms with Crippen LogP contribution in [0, 0.1) is 11.3 Å². The molecule has 2 saturated heterocycles. The van der Waals surface area contributed by atoms with Gasteiger partial charge in [-0.25, -0.2) is 8.78 Å². The fraction of sp³-hybridized carbons (Fsp3) is 0.765. The van der Waals surface area contributed by atoms with Crippen LogP contribution < -0.4 is 0 Å². The van der Waals surface area contributed by atoms with Crippen molar-refractivity contribution >= 4 is 5.91 Å². The smallest absolute Gasteiger partial charge is 0.261 e. The van der Waals surface area contributed by atoms with Crippen molar-refractivity contribution in [2.45, 2.75) is 44.6 Å². The molecule has 1 aliphatic carbocycles. The molecular weight excluding hydrogens is 314 g/mol. The van der Waals surface area contributed by atoms with E-state index in [1.807, 2.05) is 4.90 Å². The average molecular weight is 338 g/mol. The Morgan fingerprint density at radius 3 is 2.83 bits per heavy atom. The molecule has 1 aromatic heterocycles. The summed E-state index contributed by atoms with van der Waals surface area (Å²) in [6.07, 6.45) is 7.18. The van der Waals surface area contributed by atoms with Crippen LogP contribution in [0.5, 0.6) is 0 Å². The molecule has 1 aromatic rings. The lowest BCUT2D eigenvalue weighted by molar-refractivity contribution is -0.155. The number of halogens is 2. The monoisotopic (exact) mass is 338 g/mol. The highest BCUT2D eigenvalue weighted by Crippen LogP contribution is 2.46. The zero-order chi connectivity index (χ0) is 16.8. The summed E-state index contributed by atoms with van der Waals surface area (Å²) in [5.41, 5.74) is -0.0329. The summed E-state index contributed by atoms with van der Waals surface area (Å²) in [6.45, 7) is 1.94. The molecule has 1 amide bonds. The molecule has 0 bridgehead atoms. The predicted molar refractivity (Wildman–Crippen MR) is 84.4 cm³/mol. The minimum Gasteiger partial charge on any atom is -0.342 e. The Morgan fingerprint density at radius 1 is 1.33 bits per heavy atom. The highest BCUT2D eigenvalue weighted by atomic mass is 19.3. The van der Waals surface area contributed by atoms with Gasteiger partial charge in [-0.1, -0.05) is 6.42 Å². The number of hydrogen-bond acceptors (Lipinski definition) is 3. The largest absolute Gasteiger partial charge is 0.342 e. The minimum absolute atomic E-state index is 0.0500. The van der Waals surface area contributed by atoms with Gasteiger partial charge in [0.25, 0.3) is 5.92 Å². The number of rotatable bonds is 4. The number of H-pyrrole nitrogens is 1. The van der Waals surface area contributed by atoms with E-state index in [1.165, 1.54) is 19.3 Å². The molecule has 0 radical (unpaired) electrons. The van der Waals surface area contributed by atoms with E-state index < -0.39 is 11.3 Å². The molecule has 5 nitrogen and oxygen atoms in total. The third-order valence-electron chi connectivity index (χ3n) is 5.84. The molecule has 1 N–H and O–H groups in total. The van der Waals surface area contributed by atoms with Crippen LogP contribution in [0.1, 0.15) is 37.7 Å². The van der Waals surface area contributed by atoms with E-state index in [2.05, 4.69) is 10.2 Å². The number of nitrogens with zero attached hydrogens (tertiary/aromatic N) is 3. The fourth-order valence-electron chi connectivity index (χ4n) is 4.52.